The summed E-state index contributed by atoms with van der Waals surface area (Å²) in [5.74, 6) is 1.54. The number of hydrogen-bond acceptors (Lipinski definition) is 4. The minimum absolute atomic E-state index is 0.113. The van der Waals surface area contributed by atoms with E-state index in [0.717, 1.165) is 38.3 Å². The molecule has 0 saturated carbocycles. The van der Waals surface area contributed by atoms with Gasteiger partial charge in [0.15, 0.2) is 0 Å². The van der Waals surface area contributed by atoms with Crippen LogP contribution in [0, 0.1) is 0 Å². The van der Waals surface area contributed by atoms with Crippen molar-refractivity contribution in [2.45, 2.75) is 26.2 Å². The zero-order valence-electron chi connectivity index (χ0n) is 17.9. The summed E-state index contributed by atoms with van der Waals surface area (Å²) >= 11 is 0. The average Bonchev–Trinajstić information content (AvgIpc) is 2.75. The third kappa shape index (κ3) is 6.23. The highest BCUT2D eigenvalue weighted by molar-refractivity contribution is 5.78. The highest BCUT2D eigenvalue weighted by Gasteiger charge is 2.19. The van der Waals surface area contributed by atoms with Crippen molar-refractivity contribution in [1.82, 2.24) is 10.2 Å². The summed E-state index contributed by atoms with van der Waals surface area (Å²) in [6.45, 7) is 9.22. The van der Waals surface area contributed by atoms with Crippen molar-refractivity contribution in [2.75, 3.05) is 51.3 Å². The summed E-state index contributed by atoms with van der Waals surface area (Å²) in [7, 11) is 1.68. The Hall–Kier alpha value is -2.53. The lowest BCUT2D eigenvalue weighted by Gasteiger charge is -2.35. The van der Waals surface area contributed by atoms with E-state index >= 15 is 0 Å². The number of nitrogens with one attached hydrogen (secondary N) is 1. The fourth-order valence-electron chi connectivity index (χ4n) is 3.63. The Balaban J connectivity index is 1.36. The molecule has 0 spiro atoms. The first kappa shape index (κ1) is 21.2. The second kappa shape index (κ2) is 10.3. The fourth-order valence-corrected chi connectivity index (χ4v) is 3.63. The highest BCUT2D eigenvalue weighted by Crippen LogP contribution is 2.20. The van der Waals surface area contributed by atoms with Crippen LogP contribution in [-0.2, 0) is 11.2 Å². The molecular formula is C24H33N3O2. The monoisotopic (exact) mass is 395 g/mol. The topological polar surface area (TPSA) is 44.8 Å². The Morgan fingerprint density at radius 1 is 1.00 bits per heavy atom. The van der Waals surface area contributed by atoms with Crippen LogP contribution in [0.3, 0.4) is 0 Å². The van der Waals surface area contributed by atoms with Crippen LogP contribution < -0.4 is 15.0 Å². The predicted molar refractivity (Wildman–Crippen MR) is 119 cm³/mol. The quantitative estimate of drug-likeness (QED) is 0.745. The molecule has 0 unspecified atom stereocenters. The van der Waals surface area contributed by atoms with Crippen LogP contribution in [0.4, 0.5) is 5.69 Å². The summed E-state index contributed by atoms with van der Waals surface area (Å²) in [5, 5.41) is 3.06. The second-order valence-electron chi connectivity index (χ2n) is 7.96. The first-order chi connectivity index (χ1) is 14.0. The molecule has 0 aromatic heterocycles. The molecule has 1 aliphatic heterocycles. The normalized spacial score (nSPS) is 14.8. The minimum Gasteiger partial charge on any atom is -0.497 e. The SMILES string of the molecule is COc1ccc(N2CCN(CC(=O)NCCc3ccc(C(C)C)cc3)CC2)cc1. The molecule has 0 aliphatic carbocycles. The molecule has 0 bridgehead atoms. The zero-order valence-corrected chi connectivity index (χ0v) is 17.9. The van der Waals surface area contributed by atoms with Crippen LogP contribution in [0.1, 0.15) is 30.9 Å². The number of anilines is 1. The lowest BCUT2D eigenvalue weighted by Crippen LogP contribution is -2.49. The molecule has 1 amide bonds. The third-order valence-corrected chi connectivity index (χ3v) is 5.56. The zero-order chi connectivity index (χ0) is 20.6. The van der Waals surface area contributed by atoms with Crippen LogP contribution >= 0.6 is 0 Å². The van der Waals surface area contributed by atoms with E-state index in [1.165, 1.54) is 16.8 Å². The van der Waals surface area contributed by atoms with Gasteiger partial charge in [-0.25, -0.2) is 0 Å². The van der Waals surface area contributed by atoms with E-state index in [1.807, 2.05) is 12.1 Å². The Labute approximate surface area is 174 Å². The van der Waals surface area contributed by atoms with Gasteiger partial charge in [-0.2, -0.15) is 0 Å². The van der Waals surface area contributed by atoms with Gasteiger partial charge in [0.2, 0.25) is 5.91 Å². The van der Waals surface area contributed by atoms with Gasteiger partial charge < -0.3 is 15.0 Å². The third-order valence-electron chi connectivity index (χ3n) is 5.56. The van der Waals surface area contributed by atoms with Gasteiger partial charge in [-0.3, -0.25) is 9.69 Å². The van der Waals surface area contributed by atoms with Gasteiger partial charge in [0.1, 0.15) is 5.75 Å². The van der Waals surface area contributed by atoms with Crippen molar-refractivity contribution in [3.63, 3.8) is 0 Å². The maximum Gasteiger partial charge on any atom is 0.234 e. The molecule has 5 heteroatoms. The number of rotatable bonds is 8. The molecular weight excluding hydrogens is 362 g/mol. The number of amides is 1. The number of methoxy groups -OCH3 is 1. The maximum absolute atomic E-state index is 12.3. The molecule has 0 radical (unpaired) electrons. The van der Waals surface area contributed by atoms with Gasteiger partial charge >= 0.3 is 0 Å². The Kier molecular flexibility index (Phi) is 7.53. The maximum atomic E-state index is 12.3. The highest BCUT2D eigenvalue weighted by atomic mass is 16.5. The van der Waals surface area contributed by atoms with E-state index in [0.29, 0.717) is 19.0 Å². The number of carbonyl (C=O) groups is 1. The van der Waals surface area contributed by atoms with Gasteiger partial charge in [-0.1, -0.05) is 38.1 Å². The average molecular weight is 396 g/mol. The van der Waals surface area contributed by atoms with E-state index in [-0.39, 0.29) is 5.91 Å². The Morgan fingerprint density at radius 3 is 2.24 bits per heavy atom. The smallest absolute Gasteiger partial charge is 0.234 e. The summed E-state index contributed by atoms with van der Waals surface area (Å²) in [5.41, 5.74) is 3.83. The summed E-state index contributed by atoms with van der Waals surface area (Å²) < 4.78 is 5.22. The molecule has 156 valence electrons. The lowest BCUT2D eigenvalue weighted by molar-refractivity contribution is -0.122. The molecule has 1 heterocycles. The van der Waals surface area contributed by atoms with Crippen molar-refractivity contribution in [2.24, 2.45) is 0 Å². The van der Waals surface area contributed by atoms with Crippen molar-refractivity contribution in [1.29, 1.82) is 0 Å². The first-order valence-electron chi connectivity index (χ1n) is 10.5. The van der Waals surface area contributed by atoms with Crippen molar-refractivity contribution in [3.05, 3.63) is 59.7 Å². The number of carbonyl (C=O) groups excluding carboxylic acids is 1. The number of benzene rings is 2. The largest absolute Gasteiger partial charge is 0.497 e. The van der Waals surface area contributed by atoms with Crippen LogP contribution in [-0.4, -0.2) is 57.2 Å². The fraction of sp³-hybridized carbons (Fsp3) is 0.458. The van der Waals surface area contributed by atoms with Crippen LogP contribution in [0.15, 0.2) is 48.5 Å². The van der Waals surface area contributed by atoms with E-state index in [9.17, 15) is 4.79 Å². The van der Waals surface area contributed by atoms with E-state index < -0.39 is 0 Å². The molecule has 1 saturated heterocycles. The van der Waals surface area contributed by atoms with E-state index in [4.69, 9.17) is 4.74 Å². The number of nitrogens with zero attached hydrogens (tertiary/aromatic N) is 2. The molecule has 3 rings (SSSR count). The van der Waals surface area contributed by atoms with Gasteiger partial charge in [0.05, 0.1) is 13.7 Å². The van der Waals surface area contributed by atoms with Gasteiger partial charge in [0.25, 0.3) is 0 Å². The van der Waals surface area contributed by atoms with Crippen LogP contribution in [0.25, 0.3) is 0 Å². The molecule has 1 fully saturated rings. The van der Waals surface area contributed by atoms with Crippen molar-refractivity contribution in [3.8, 4) is 5.75 Å². The standard InChI is InChI=1S/C24H33N3O2/c1-19(2)21-6-4-20(5-7-21)12-13-25-24(28)18-26-14-16-27(17-15-26)22-8-10-23(29-3)11-9-22/h4-11,19H,12-18H2,1-3H3,(H,25,28). The Morgan fingerprint density at radius 2 is 1.66 bits per heavy atom. The van der Waals surface area contributed by atoms with Crippen molar-refractivity contribution < 1.29 is 9.53 Å². The second-order valence-corrected chi connectivity index (χ2v) is 7.96. The molecule has 5 nitrogen and oxygen atoms in total. The molecule has 29 heavy (non-hydrogen) atoms. The molecule has 2 aromatic carbocycles. The summed E-state index contributed by atoms with van der Waals surface area (Å²) in [6, 6.07) is 16.9. The van der Waals surface area contributed by atoms with Crippen LogP contribution in [0.2, 0.25) is 0 Å². The predicted octanol–water partition coefficient (Wildman–Crippen LogP) is 3.30. The first-order valence-corrected chi connectivity index (χ1v) is 10.5. The van der Waals surface area contributed by atoms with Gasteiger partial charge in [0, 0.05) is 38.4 Å². The molecule has 2 aromatic rings. The molecule has 1 aliphatic rings. The minimum atomic E-state index is 0.113. The lowest BCUT2D eigenvalue weighted by atomic mass is 10.0. The number of hydrogen-bond donors (Lipinski definition) is 1. The molecule has 1 N–H and O–H groups in total. The summed E-state index contributed by atoms with van der Waals surface area (Å²) in [4.78, 5) is 16.9. The van der Waals surface area contributed by atoms with E-state index in [1.54, 1.807) is 7.11 Å². The molecule has 0 atom stereocenters. The number of ether oxygens (including phenoxy) is 1. The van der Waals surface area contributed by atoms with Gasteiger partial charge in [-0.15, -0.1) is 0 Å². The Bertz CT molecular complexity index is 764. The van der Waals surface area contributed by atoms with Crippen molar-refractivity contribution >= 4 is 11.6 Å². The number of piperazine rings is 1. The summed E-state index contributed by atoms with van der Waals surface area (Å²) in [6.07, 6.45) is 0.870. The van der Waals surface area contributed by atoms with E-state index in [2.05, 4.69) is 65.4 Å². The van der Waals surface area contributed by atoms with Gasteiger partial charge in [-0.05, 0) is 47.7 Å². The van der Waals surface area contributed by atoms with Crippen LogP contribution in [0.5, 0.6) is 5.75 Å².